The SMILES string of the molecule is O=S(=O)(O)c1ccc2c(c1)N=C(c1ccc(-c3ccc(-c4nc5ccccc5[nH]4)cc3)cc1)C2.O=S(=O)=O. The molecular formula is C27H19N3O6S2. The molecule has 2 N–H and O–H groups in total. The van der Waals surface area contributed by atoms with Crippen LogP contribution in [0.25, 0.3) is 33.5 Å². The third-order valence-corrected chi connectivity index (χ3v) is 6.92. The van der Waals surface area contributed by atoms with E-state index in [1.165, 1.54) is 12.1 Å². The van der Waals surface area contributed by atoms with E-state index in [1.54, 1.807) is 6.07 Å². The summed E-state index contributed by atoms with van der Waals surface area (Å²) in [6.45, 7) is 0. The molecule has 6 rings (SSSR count). The highest BCUT2D eigenvalue weighted by molar-refractivity contribution is 7.85. The van der Waals surface area contributed by atoms with Gasteiger partial charge in [0.05, 0.1) is 27.3 Å². The van der Waals surface area contributed by atoms with Crippen LogP contribution in [-0.4, -0.2) is 41.3 Å². The second kappa shape index (κ2) is 10.1. The van der Waals surface area contributed by atoms with E-state index in [0.29, 0.717) is 12.1 Å². The van der Waals surface area contributed by atoms with Crippen LogP contribution in [0.3, 0.4) is 0 Å². The quantitative estimate of drug-likeness (QED) is 0.308. The maximum absolute atomic E-state index is 11.4. The molecule has 0 bridgehead atoms. The lowest BCUT2D eigenvalue weighted by molar-refractivity contribution is 0.483. The number of aliphatic imine (C=N–C) groups is 1. The molecule has 4 aromatic carbocycles. The summed E-state index contributed by atoms with van der Waals surface area (Å²) >= 11 is 0. The monoisotopic (exact) mass is 545 g/mol. The van der Waals surface area contributed by atoms with Gasteiger partial charge in [-0.05, 0) is 46.5 Å². The average Bonchev–Trinajstić information content (AvgIpc) is 3.52. The van der Waals surface area contributed by atoms with Crippen LogP contribution in [0.4, 0.5) is 5.69 Å². The van der Waals surface area contributed by atoms with Crippen molar-refractivity contribution in [3.05, 3.63) is 102 Å². The zero-order chi connectivity index (χ0) is 26.9. The van der Waals surface area contributed by atoms with Crippen LogP contribution in [0.15, 0.2) is 101 Å². The molecule has 1 aromatic heterocycles. The van der Waals surface area contributed by atoms with Gasteiger partial charge in [0, 0.05) is 12.0 Å². The van der Waals surface area contributed by atoms with E-state index in [9.17, 15) is 13.0 Å². The van der Waals surface area contributed by atoms with E-state index in [4.69, 9.17) is 12.6 Å². The van der Waals surface area contributed by atoms with E-state index in [2.05, 4.69) is 51.4 Å². The molecule has 9 nitrogen and oxygen atoms in total. The number of imidazole rings is 1. The standard InChI is InChI=1S/C27H19N3O3S.O3S/c31-34(32,33)22-14-13-21-15-25(28-26(21)16-22)19-9-5-17(6-10-19)18-7-11-20(12-8-18)27-29-23-3-1-2-4-24(23)30-27;1-4(2)3/h1-14,16H,15H2,(H,29,30)(H,31,32,33);. The van der Waals surface area contributed by atoms with Crippen molar-refractivity contribution in [2.24, 2.45) is 4.99 Å². The smallest absolute Gasteiger partial charge is 0.338 e. The number of hydrogen-bond acceptors (Lipinski definition) is 7. The van der Waals surface area contributed by atoms with Gasteiger partial charge in [-0.3, -0.25) is 9.55 Å². The molecule has 0 aliphatic carbocycles. The molecule has 1 aliphatic rings. The Labute approximate surface area is 219 Å². The summed E-state index contributed by atoms with van der Waals surface area (Å²) < 4.78 is 57.4. The molecule has 5 aromatic rings. The molecule has 0 radical (unpaired) electrons. The zero-order valence-electron chi connectivity index (χ0n) is 19.6. The Morgan fingerprint density at radius 3 is 1.95 bits per heavy atom. The highest BCUT2D eigenvalue weighted by Crippen LogP contribution is 2.32. The summed E-state index contributed by atoms with van der Waals surface area (Å²) in [6.07, 6.45) is 0.618. The first-order valence-corrected chi connectivity index (χ1v) is 13.7. The van der Waals surface area contributed by atoms with E-state index in [0.717, 1.165) is 50.4 Å². The second-order valence-corrected chi connectivity index (χ2v) is 10.3. The van der Waals surface area contributed by atoms with Crippen molar-refractivity contribution in [1.82, 2.24) is 9.97 Å². The summed E-state index contributed by atoms with van der Waals surface area (Å²) in [4.78, 5) is 12.5. The highest BCUT2D eigenvalue weighted by Gasteiger charge is 2.19. The molecule has 38 heavy (non-hydrogen) atoms. The largest absolute Gasteiger partial charge is 0.425 e. The van der Waals surface area contributed by atoms with Crippen LogP contribution in [0, 0.1) is 0 Å². The van der Waals surface area contributed by atoms with Gasteiger partial charge in [0.15, 0.2) is 0 Å². The topological polar surface area (TPSA) is 147 Å². The van der Waals surface area contributed by atoms with Gasteiger partial charge in [-0.1, -0.05) is 66.7 Å². The lowest BCUT2D eigenvalue weighted by atomic mass is 9.99. The van der Waals surface area contributed by atoms with Gasteiger partial charge in [-0.15, -0.1) is 12.6 Å². The predicted octanol–water partition coefficient (Wildman–Crippen LogP) is 4.82. The van der Waals surface area contributed by atoms with E-state index < -0.39 is 20.7 Å². The number of H-pyrrole nitrogens is 1. The second-order valence-electron chi connectivity index (χ2n) is 8.46. The molecular weight excluding hydrogens is 526 g/mol. The summed E-state index contributed by atoms with van der Waals surface area (Å²) in [5.74, 6) is 0.846. The summed E-state index contributed by atoms with van der Waals surface area (Å²) in [5.41, 5.74) is 8.54. The number of nitrogens with zero attached hydrogens (tertiary/aromatic N) is 2. The first-order chi connectivity index (χ1) is 18.2. The normalized spacial score (nSPS) is 12.4. The van der Waals surface area contributed by atoms with Gasteiger partial charge in [0.25, 0.3) is 10.1 Å². The van der Waals surface area contributed by atoms with Gasteiger partial charge in [0.2, 0.25) is 0 Å². The molecule has 0 saturated heterocycles. The van der Waals surface area contributed by atoms with Gasteiger partial charge >= 0.3 is 10.6 Å². The number of fused-ring (bicyclic) bond motifs is 2. The van der Waals surface area contributed by atoms with Crippen LogP contribution in [0.2, 0.25) is 0 Å². The van der Waals surface area contributed by atoms with Crippen molar-refractivity contribution < 1.29 is 25.6 Å². The molecule has 0 atom stereocenters. The van der Waals surface area contributed by atoms with Crippen LogP contribution >= 0.6 is 0 Å². The van der Waals surface area contributed by atoms with Crippen LogP contribution in [0.5, 0.6) is 0 Å². The number of nitrogens with one attached hydrogen (secondary N) is 1. The Kier molecular flexibility index (Phi) is 6.72. The maximum atomic E-state index is 11.4. The van der Waals surface area contributed by atoms with Crippen LogP contribution < -0.4 is 0 Å². The number of aromatic nitrogens is 2. The van der Waals surface area contributed by atoms with Crippen molar-refractivity contribution >= 4 is 43.2 Å². The minimum Gasteiger partial charge on any atom is -0.338 e. The number of aromatic amines is 1. The lowest BCUT2D eigenvalue weighted by Crippen LogP contribution is -2.00. The predicted molar refractivity (Wildman–Crippen MR) is 143 cm³/mol. The Balaban J connectivity index is 0.000000689. The first-order valence-electron chi connectivity index (χ1n) is 11.3. The Morgan fingerprint density at radius 2 is 1.34 bits per heavy atom. The Bertz CT molecular complexity index is 1870. The summed E-state index contributed by atoms with van der Waals surface area (Å²) in [5, 5.41) is 0. The van der Waals surface area contributed by atoms with Gasteiger partial charge < -0.3 is 4.98 Å². The molecule has 0 amide bonds. The van der Waals surface area contributed by atoms with Gasteiger partial charge in [-0.2, -0.15) is 8.42 Å². The molecule has 0 spiro atoms. The van der Waals surface area contributed by atoms with E-state index in [1.807, 2.05) is 36.4 Å². The summed E-state index contributed by atoms with van der Waals surface area (Å²) in [7, 11) is -7.36. The highest BCUT2D eigenvalue weighted by atomic mass is 32.2. The van der Waals surface area contributed by atoms with Crippen molar-refractivity contribution in [3.8, 4) is 22.5 Å². The van der Waals surface area contributed by atoms with E-state index >= 15 is 0 Å². The van der Waals surface area contributed by atoms with E-state index in [-0.39, 0.29) is 4.90 Å². The average molecular weight is 546 g/mol. The Hall–Kier alpha value is -4.45. The van der Waals surface area contributed by atoms with Gasteiger partial charge in [0.1, 0.15) is 5.82 Å². The third-order valence-electron chi connectivity index (χ3n) is 6.07. The van der Waals surface area contributed by atoms with Gasteiger partial charge in [-0.25, -0.2) is 4.98 Å². The molecule has 0 unspecified atom stereocenters. The zero-order valence-corrected chi connectivity index (χ0v) is 21.2. The molecule has 1 aliphatic heterocycles. The third kappa shape index (κ3) is 5.44. The van der Waals surface area contributed by atoms with Crippen LogP contribution in [0.1, 0.15) is 11.1 Å². The Morgan fingerprint density at radius 1 is 0.763 bits per heavy atom. The fraction of sp³-hybridized carbons (Fsp3) is 0.0370. The minimum atomic E-state index is -4.25. The summed E-state index contributed by atoms with van der Waals surface area (Å²) in [6, 6.07) is 28.9. The van der Waals surface area contributed by atoms with Crippen molar-refractivity contribution in [2.45, 2.75) is 11.3 Å². The molecule has 190 valence electrons. The minimum absolute atomic E-state index is 0.141. The van der Waals surface area contributed by atoms with Crippen LogP contribution in [-0.2, 0) is 27.1 Å². The first kappa shape index (κ1) is 25.2. The number of benzene rings is 4. The fourth-order valence-corrected chi connectivity index (χ4v) is 4.76. The fourth-order valence-electron chi connectivity index (χ4n) is 4.25. The maximum Gasteiger partial charge on any atom is 0.425 e. The number of para-hydroxylation sites is 2. The number of rotatable bonds is 4. The molecule has 0 saturated carbocycles. The van der Waals surface area contributed by atoms with Crippen molar-refractivity contribution in [1.29, 1.82) is 0 Å². The molecule has 2 heterocycles. The molecule has 11 heteroatoms. The molecule has 0 fully saturated rings. The van der Waals surface area contributed by atoms with Crippen molar-refractivity contribution in [2.75, 3.05) is 0 Å². The number of hydrogen-bond donors (Lipinski definition) is 2. The lowest BCUT2D eigenvalue weighted by Gasteiger charge is -2.06. The van der Waals surface area contributed by atoms with Crippen molar-refractivity contribution in [3.63, 3.8) is 0 Å².